The second-order valence-electron chi connectivity index (χ2n) is 22.7. The van der Waals surface area contributed by atoms with E-state index in [4.69, 9.17) is 0 Å². The van der Waals surface area contributed by atoms with Crippen LogP contribution >= 0.6 is 0 Å². The monoisotopic (exact) mass is 997 g/mol. The Morgan fingerprint density at radius 1 is 0.181 bits per heavy atom. The van der Waals surface area contributed by atoms with Crippen molar-refractivity contribution < 1.29 is 0 Å². The molecule has 0 aromatic carbocycles. The zero-order chi connectivity index (χ0) is 51.8. The first-order valence-corrected chi connectivity index (χ1v) is 33.3. The molecule has 0 aromatic rings. The van der Waals surface area contributed by atoms with Gasteiger partial charge in [0.15, 0.2) is 0 Å². The number of hydrogen-bond donors (Lipinski definition) is 0. The molecule has 0 aromatic heterocycles. The Balaban J connectivity index is 5.08. The standard InChI is InChI=1S/C72H132/c1-5-9-13-17-21-25-29-33-36-39-40-43-46-50-54-58-62-66-70-72(69-65-61-57-53-49-45-42-38-35-31-27-23-19-15-11-7-3)71(67-63-59-55-51-47-32-28-24-20-16-12-8-4)68-64-60-56-52-48-44-41-37-34-30-26-22-18-14-10-6-2/h10,14,21-22,25-26,33-34,36-37,40,43,50,54,71-72H,5-9,11-13,15-20,23-24,27-32,35,38-39,41-42,44-49,51-53,55-70H2,1-4H3/b14-10-,25-21-,26-22-,36-33-,37-34-,43-40-,54-50-. The summed E-state index contributed by atoms with van der Waals surface area (Å²) in [5.74, 6) is 1.91. The molecule has 0 N–H and O–H groups in total. The third-order valence-corrected chi connectivity index (χ3v) is 15.7. The van der Waals surface area contributed by atoms with Gasteiger partial charge in [0.05, 0.1) is 0 Å². The normalized spacial score (nSPS) is 13.4. The van der Waals surface area contributed by atoms with Crippen molar-refractivity contribution in [1.29, 1.82) is 0 Å². The van der Waals surface area contributed by atoms with Crippen LogP contribution in [-0.4, -0.2) is 0 Å². The molecule has 0 aliphatic carbocycles. The van der Waals surface area contributed by atoms with Crippen LogP contribution in [0.2, 0.25) is 0 Å². The van der Waals surface area contributed by atoms with Gasteiger partial charge in [0, 0.05) is 0 Å². The van der Waals surface area contributed by atoms with Crippen LogP contribution in [0.4, 0.5) is 0 Å². The summed E-state index contributed by atoms with van der Waals surface area (Å²) < 4.78 is 0. The molecule has 0 heterocycles. The predicted molar refractivity (Wildman–Crippen MR) is 334 cm³/mol. The van der Waals surface area contributed by atoms with Crippen LogP contribution in [0.15, 0.2) is 85.1 Å². The summed E-state index contributed by atoms with van der Waals surface area (Å²) in [6.07, 6.45) is 106. The molecule has 0 radical (unpaired) electrons. The smallest absolute Gasteiger partial charge is 0.0169 e. The van der Waals surface area contributed by atoms with Gasteiger partial charge < -0.3 is 0 Å². The second-order valence-corrected chi connectivity index (χ2v) is 22.7. The first kappa shape index (κ1) is 70.2. The van der Waals surface area contributed by atoms with E-state index in [-0.39, 0.29) is 0 Å². The molecule has 0 heteroatoms. The molecule has 0 amide bonds. The van der Waals surface area contributed by atoms with Gasteiger partial charge in [0.25, 0.3) is 0 Å². The number of allylic oxidation sites excluding steroid dienone is 14. The van der Waals surface area contributed by atoms with E-state index in [0.29, 0.717) is 0 Å². The highest BCUT2D eigenvalue weighted by molar-refractivity contribution is 5.00. The molecule has 72 heavy (non-hydrogen) atoms. The molecule has 0 bridgehead atoms. The van der Waals surface area contributed by atoms with Crippen LogP contribution in [0.25, 0.3) is 0 Å². The predicted octanol–water partition coefficient (Wildman–Crippen LogP) is 26.5. The Kier molecular flexibility index (Phi) is 63.6. The average molecular weight is 998 g/mol. The molecule has 0 nitrogen and oxygen atoms in total. The van der Waals surface area contributed by atoms with E-state index in [1.165, 1.54) is 295 Å². The fraction of sp³-hybridized carbons (Fsp3) is 0.806. The molecule has 0 aliphatic heterocycles. The third-order valence-electron chi connectivity index (χ3n) is 15.7. The molecule has 0 aliphatic rings. The Morgan fingerprint density at radius 3 is 0.639 bits per heavy atom. The lowest BCUT2D eigenvalue weighted by atomic mass is 9.78. The van der Waals surface area contributed by atoms with Gasteiger partial charge in [0.1, 0.15) is 0 Å². The minimum absolute atomic E-state index is 0.954. The molecule has 420 valence electrons. The van der Waals surface area contributed by atoms with Crippen LogP contribution in [0.3, 0.4) is 0 Å². The summed E-state index contributed by atoms with van der Waals surface area (Å²) in [6.45, 7) is 9.14. The first-order valence-electron chi connectivity index (χ1n) is 33.3. The van der Waals surface area contributed by atoms with Crippen molar-refractivity contribution in [2.75, 3.05) is 0 Å². The minimum atomic E-state index is 0.954. The molecule has 0 fully saturated rings. The van der Waals surface area contributed by atoms with Gasteiger partial charge in [-0.05, 0) is 88.9 Å². The van der Waals surface area contributed by atoms with Gasteiger partial charge in [-0.25, -0.2) is 0 Å². The molecule has 0 rings (SSSR count). The topological polar surface area (TPSA) is 0 Å². The van der Waals surface area contributed by atoms with Crippen LogP contribution in [0, 0.1) is 11.8 Å². The average Bonchev–Trinajstić information content (AvgIpc) is 3.39. The van der Waals surface area contributed by atoms with Gasteiger partial charge >= 0.3 is 0 Å². The van der Waals surface area contributed by atoms with E-state index < -0.39 is 0 Å². The second kappa shape index (κ2) is 65.3. The Labute approximate surface area is 456 Å². The molecular weight excluding hydrogens is 865 g/mol. The summed E-state index contributed by atoms with van der Waals surface area (Å²) in [4.78, 5) is 0. The maximum absolute atomic E-state index is 2.49. The number of hydrogen-bond acceptors (Lipinski definition) is 0. The van der Waals surface area contributed by atoms with Crippen molar-refractivity contribution in [1.82, 2.24) is 0 Å². The lowest BCUT2D eigenvalue weighted by Gasteiger charge is -2.28. The van der Waals surface area contributed by atoms with E-state index in [1.807, 2.05) is 0 Å². The summed E-state index contributed by atoms with van der Waals surface area (Å²) in [5.41, 5.74) is 0. The van der Waals surface area contributed by atoms with Gasteiger partial charge in [-0.3, -0.25) is 0 Å². The fourth-order valence-electron chi connectivity index (χ4n) is 10.9. The minimum Gasteiger partial charge on any atom is -0.0885 e. The van der Waals surface area contributed by atoms with Gasteiger partial charge in [-0.15, -0.1) is 0 Å². The molecule has 0 saturated carbocycles. The summed E-state index contributed by atoms with van der Waals surface area (Å²) >= 11 is 0. The molecule has 0 spiro atoms. The van der Waals surface area contributed by atoms with Gasteiger partial charge in [-0.2, -0.15) is 0 Å². The van der Waals surface area contributed by atoms with Crippen molar-refractivity contribution in [3.05, 3.63) is 85.1 Å². The van der Waals surface area contributed by atoms with Crippen molar-refractivity contribution in [2.45, 2.75) is 362 Å². The van der Waals surface area contributed by atoms with E-state index >= 15 is 0 Å². The molecule has 2 atom stereocenters. The summed E-state index contributed by atoms with van der Waals surface area (Å²) in [6, 6.07) is 0. The maximum atomic E-state index is 2.49. The largest absolute Gasteiger partial charge is 0.0885 e. The Hall–Kier alpha value is -1.82. The van der Waals surface area contributed by atoms with Crippen molar-refractivity contribution in [3.63, 3.8) is 0 Å². The fourth-order valence-corrected chi connectivity index (χ4v) is 10.9. The lowest BCUT2D eigenvalue weighted by molar-refractivity contribution is 0.237. The van der Waals surface area contributed by atoms with Crippen molar-refractivity contribution >= 4 is 0 Å². The van der Waals surface area contributed by atoms with E-state index in [1.54, 1.807) is 0 Å². The van der Waals surface area contributed by atoms with Gasteiger partial charge in [-0.1, -0.05) is 370 Å². The Morgan fingerprint density at radius 2 is 0.361 bits per heavy atom. The highest BCUT2D eigenvalue weighted by Crippen LogP contribution is 2.34. The highest BCUT2D eigenvalue weighted by atomic mass is 14.3. The quantitative estimate of drug-likeness (QED) is 0.0421. The third kappa shape index (κ3) is 59.1. The molecule has 0 saturated heterocycles. The SMILES string of the molecule is CC/C=C\C/C=C\C/C=C\CCCCCCCCC(CCCCCCCCCCCCCC)C(CCCC/C=C\C/C=C\C/C=C\C/C=C\CCCCC)CCCCCCCCCCCCCCCCCC. The van der Waals surface area contributed by atoms with Crippen molar-refractivity contribution in [3.8, 4) is 0 Å². The van der Waals surface area contributed by atoms with Crippen LogP contribution in [0.5, 0.6) is 0 Å². The maximum Gasteiger partial charge on any atom is -0.0169 e. The number of unbranched alkanes of at least 4 members (excludes halogenated alkanes) is 37. The van der Waals surface area contributed by atoms with Gasteiger partial charge in [0.2, 0.25) is 0 Å². The molecular formula is C72H132. The summed E-state index contributed by atoms with van der Waals surface area (Å²) in [7, 11) is 0. The zero-order valence-electron chi connectivity index (χ0n) is 50.0. The molecule has 2 unspecified atom stereocenters. The Bertz CT molecular complexity index is 1190. The van der Waals surface area contributed by atoms with Crippen LogP contribution in [0.1, 0.15) is 362 Å². The van der Waals surface area contributed by atoms with E-state index in [0.717, 1.165) is 50.4 Å². The summed E-state index contributed by atoms with van der Waals surface area (Å²) in [5, 5.41) is 0. The van der Waals surface area contributed by atoms with Crippen LogP contribution < -0.4 is 0 Å². The zero-order valence-corrected chi connectivity index (χ0v) is 50.0. The van der Waals surface area contributed by atoms with Crippen LogP contribution in [-0.2, 0) is 0 Å². The first-order chi connectivity index (χ1) is 35.8. The van der Waals surface area contributed by atoms with E-state index in [9.17, 15) is 0 Å². The van der Waals surface area contributed by atoms with E-state index in [2.05, 4.69) is 113 Å². The highest BCUT2D eigenvalue weighted by Gasteiger charge is 2.20. The lowest BCUT2D eigenvalue weighted by Crippen LogP contribution is -2.16. The van der Waals surface area contributed by atoms with Crippen molar-refractivity contribution in [2.24, 2.45) is 11.8 Å². The number of rotatable bonds is 60.